The van der Waals surface area contributed by atoms with E-state index in [1.807, 2.05) is 36.4 Å². The van der Waals surface area contributed by atoms with Crippen LogP contribution in [0.5, 0.6) is 0 Å². The lowest BCUT2D eigenvalue weighted by Gasteiger charge is -2.13. The van der Waals surface area contributed by atoms with Crippen LogP contribution in [-0.2, 0) is 21.8 Å². The zero-order valence-corrected chi connectivity index (χ0v) is 19.6. The molecule has 1 aromatic heterocycles. The summed E-state index contributed by atoms with van der Waals surface area (Å²) in [7, 11) is -4.22. The Labute approximate surface area is 198 Å². The number of halogens is 3. The first-order valence-corrected chi connectivity index (χ1v) is 13.2. The number of para-hydroxylation sites is 1. The largest absolute Gasteiger partial charge is 0.490 e. The molecule has 1 heterocycles. The molecule has 0 radical (unpaired) electrons. The van der Waals surface area contributed by atoms with Crippen LogP contribution in [0.1, 0.15) is 29.6 Å². The van der Waals surface area contributed by atoms with Gasteiger partial charge in [-0.1, -0.05) is 36.4 Å². The number of benzene rings is 3. The van der Waals surface area contributed by atoms with Gasteiger partial charge in [-0.2, -0.15) is 13.2 Å². The van der Waals surface area contributed by atoms with Gasteiger partial charge >= 0.3 is 5.51 Å². The molecular weight excluding hydrogens is 483 g/mol. The highest BCUT2D eigenvalue weighted by Crippen LogP contribution is 2.54. The molecule has 34 heavy (non-hydrogen) atoms. The average Bonchev–Trinajstić information content (AvgIpc) is 3.50. The van der Waals surface area contributed by atoms with Crippen molar-refractivity contribution in [3.63, 3.8) is 0 Å². The summed E-state index contributed by atoms with van der Waals surface area (Å²) in [6.45, 7) is 0. The highest BCUT2D eigenvalue weighted by Gasteiger charge is 2.41. The van der Waals surface area contributed by atoms with Crippen LogP contribution >= 0.6 is 0 Å². The lowest BCUT2D eigenvalue weighted by atomic mass is 10.0. The summed E-state index contributed by atoms with van der Waals surface area (Å²) in [5, 5.41) is 0. The van der Waals surface area contributed by atoms with E-state index < -0.39 is 27.3 Å². The molecule has 0 spiro atoms. The lowest BCUT2D eigenvalue weighted by Crippen LogP contribution is -2.23. The average molecular weight is 504 g/mol. The van der Waals surface area contributed by atoms with Crippen LogP contribution in [0.4, 0.5) is 18.9 Å². The van der Waals surface area contributed by atoms with Gasteiger partial charge in [0.15, 0.2) is 0 Å². The van der Waals surface area contributed by atoms with Crippen molar-refractivity contribution >= 4 is 38.5 Å². The number of aromatic amines is 1. The Bertz CT molecular complexity index is 1420. The van der Waals surface area contributed by atoms with E-state index in [-0.39, 0.29) is 11.6 Å². The molecule has 176 valence electrons. The minimum atomic E-state index is -4.86. The van der Waals surface area contributed by atoms with Crippen LogP contribution in [0.3, 0.4) is 0 Å². The first kappa shape index (κ1) is 22.8. The Kier molecular flexibility index (Phi) is 5.81. The van der Waals surface area contributed by atoms with Gasteiger partial charge in [0.2, 0.25) is 11.0 Å². The standard InChI is InChI=1S/C24H20F3N3O2S2/c1-33(31)16-9-6-14(7-10-16)18-13-19(18)23-28-21-11-8-15(12-22(21)29-23)17-4-2-3-5-20(17)30-34(32)24(25,26)27/h2-12,18-19,30H,13H2,1H3,(H,28,29). The molecule has 0 aliphatic heterocycles. The number of alkyl halides is 3. The number of nitrogens with one attached hydrogen (secondary N) is 2. The van der Waals surface area contributed by atoms with E-state index in [0.29, 0.717) is 17.0 Å². The second-order valence-corrected chi connectivity index (χ2v) is 10.8. The van der Waals surface area contributed by atoms with Crippen molar-refractivity contribution < 1.29 is 21.6 Å². The van der Waals surface area contributed by atoms with E-state index in [0.717, 1.165) is 28.2 Å². The van der Waals surface area contributed by atoms with Gasteiger partial charge in [0, 0.05) is 33.4 Å². The van der Waals surface area contributed by atoms with E-state index in [1.165, 1.54) is 11.6 Å². The third-order valence-corrected chi connectivity index (χ3v) is 7.69. The first-order valence-electron chi connectivity index (χ1n) is 10.5. The molecule has 5 rings (SSSR count). The van der Waals surface area contributed by atoms with Crippen molar-refractivity contribution in [3.8, 4) is 11.1 Å². The van der Waals surface area contributed by atoms with Gasteiger partial charge in [-0.3, -0.25) is 8.93 Å². The highest BCUT2D eigenvalue weighted by molar-refractivity contribution is 7.87. The summed E-state index contributed by atoms with van der Waals surface area (Å²) >= 11 is 0. The minimum absolute atomic E-state index is 0.135. The topological polar surface area (TPSA) is 74.8 Å². The maximum atomic E-state index is 12.8. The number of fused-ring (bicyclic) bond motifs is 1. The van der Waals surface area contributed by atoms with E-state index in [2.05, 4.69) is 9.71 Å². The Balaban J connectivity index is 1.39. The van der Waals surface area contributed by atoms with Gasteiger partial charge in [-0.05, 0) is 53.8 Å². The molecule has 3 aromatic carbocycles. The SMILES string of the molecule is CS(=O)c1ccc(C2CC2c2nc3ccc(-c4ccccc4NS(=O)C(F)(F)F)cc3[nH]2)cc1. The first-order chi connectivity index (χ1) is 16.2. The number of imidazole rings is 1. The Morgan fingerprint density at radius 2 is 1.74 bits per heavy atom. The van der Waals surface area contributed by atoms with Gasteiger partial charge in [0.05, 0.1) is 16.7 Å². The fourth-order valence-corrected chi connectivity index (χ4v) is 5.14. The maximum Gasteiger partial charge on any atom is 0.490 e. The van der Waals surface area contributed by atoms with Gasteiger partial charge in [-0.25, -0.2) is 9.19 Å². The molecule has 0 amide bonds. The van der Waals surface area contributed by atoms with Crippen molar-refractivity contribution in [1.82, 2.24) is 9.97 Å². The van der Waals surface area contributed by atoms with E-state index in [4.69, 9.17) is 4.98 Å². The molecule has 4 unspecified atom stereocenters. The molecule has 4 atom stereocenters. The Hall–Kier alpha value is -2.98. The fraction of sp³-hybridized carbons (Fsp3) is 0.208. The quantitative estimate of drug-likeness (QED) is 0.348. The second-order valence-electron chi connectivity index (χ2n) is 8.19. The summed E-state index contributed by atoms with van der Waals surface area (Å²) in [5.74, 6) is 1.45. The maximum absolute atomic E-state index is 12.8. The third-order valence-electron chi connectivity index (χ3n) is 5.93. The van der Waals surface area contributed by atoms with Crippen molar-refractivity contribution in [2.45, 2.75) is 28.7 Å². The molecule has 0 saturated heterocycles. The number of anilines is 1. The predicted molar refractivity (Wildman–Crippen MR) is 128 cm³/mol. The number of hydrogen-bond acceptors (Lipinski definition) is 3. The zero-order chi connectivity index (χ0) is 24.0. The van der Waals surface area contributed by atoms with Crippen molar-refractivity contribution in [3.05, 3.63) is 78.1 Å². The zero-order valence-electron chi connectivity index (χ0n) is 17.9. The molecule has 10 heteroatoms. The molecular formula is C24H20F3N3O2S2. The summed E-state index contributed by atoms with van der Waals surface area (Å²) in [6.07, 6.45) is 2.61. The molecule has 5 nitrogen and oxygen atoms in total. The smallest absolute Gasteiger partial charge is 0.342 e. The minimum Gasteiger partial charge on any atom is -0.342 e. The molecule has 2 N–H and O–H groups in total. The molecule has 1 aliphatic carbocycles. The third kappa shape index (κ3) is 4.52. The van der Waals surface area contributed by atoms with Crippen LogP contribution in [0.25, 0.3) is 22.2 Å². The van der Waals surface area contributed by atoms with Gasteiger partial charge in [0.1, 0.15) is 5.82 Å². The van der Waals surface area contributed by atoms with E-state index >= 15 is 0 Å². The monoisotopic (exact) mass is 503 g/mol. The number of rotatable bonds is 6. The summed E-state index contributed by atoms with van der Waals surface area (Å²) in [5.41, 5.74) is -0.804. The molecule has 0 bridgehead atoms. The second kappa shape index (κ2) is 8.66. The van der Waals surface area contributed by atoms with Crippen LogP contribution < -0.4 is 4.72 Å². The normalized spacial score (nSPS) is 19.6. The van der Waals surface area contributed by atoms with Crippen LogP contribution in [0.2, 0.25) is 0 Å². The van der Waals surface area contributed by atoms with Gasteiger partial charge in [-0.15, -0.1) is 0 Å². The summed E-state index contributed by atoms with van der Waals surface area (Å²) in [4.78, 5) is 8.88. The number of nitrogens with zero attached hydrogens (tertiary/aromatic N) is 1. The fourth-order valence-electron chi connectivity index (χ4n) is 4.13. The van der Waals surface area contributed by atoms with E-state index in [9.17, 15) is 21.6 Å². The Morgan fingerprint density at radius 3 is 2.44 bits per heavy atom. The molecule has 1 aliphatic rings. The Morgan fingerprint density at radius 1 is 1.00 bits per heavy atom. The number of hydrogen-bond donors (Lipinski definition) is 2. The van der Waals surface area contributed by atoms with Crippen LogP contribution in [0, 0.1) is 0 Å². The van der Waals surface area contributed by atoms with Crippen LogP contribution in [-0.4, -0.2) is 30.1 Å². The summed E-state index contributed by atoms with van der Waals surface area (Å²) < 4.78 is 63.6. The van der Waals surface area contributed by atoms with Crippen LogP contribution in [0.15, 0.2) is 71.6 Å². The molecule has 1 saturated carbocycles. The lowest BCUT2D eigenvalue weighted by molar-refractivity contribution is -0.0379. The predicted octanol–water partition coefficient (Wildman–Crippen LogP) is 5.83. The number of aromatic nitrogens is 2. The molecule has 4 aromatic rings. The van der Waals surface area contributed by atoms with Crippen molar-refractivity contribution in [1.29, 1.82) is 0 Å². The van der Waals surface area contributed by atoms with Gasteiger partial charge < -0.3 is 4.98 Å². The van der Waals surface area contributed by atoms with E-state index in [1.54, 1.807) is 30.5 Å². The molecule has 1 fully saturated rings. The van der Waals surface area contributed by atoms with Crippen molar-refractivity contribution in [2.24, 2.45) is 0 Å². The van der Waals surface area contributed by atoms with Crippen molar-refractivity contribution in [2.75, 3.05) is 11.0 Å². The van der Waals surface area contributed by atoms with Gasteiger partial charge in [0.25, 0.3) is 0 Å². The number of H-pyrrole nitrogens is 1. The highest BCUT2D eigenvalue weighted by atomic mass is 32.2. The summed E-state index contributed by atoms with van der Waals surface area (Å²) in [6, 6.07) is 19.7.